The molecule has 0 saturated heterocycles. The third kappa shape index (κ3) is 3.03. The van der Waals surface area contributed by atoms with Crippen molar-refractivity contribution in [3.8, 4) is 5.75 Å². The van der Waals surface area contributed by atoms with Gasteiger partial charge in [-0.1, -0.05) is 45.7 Å². The summed E-state index contributed by atoms with van der Waals surface area (Å²) in [5, 5.41) is 0.699. The van der Waals surface area contributed by atoms with Crippen LogP contribution in [0.2, 0.25) is 5.02 Å². The Hall–Kier alpha value is -1.03. The van der Waals surface area contributed by atoms with Crippen LogP contribution in [-0.2, 0) is 12.8 Å². The maximum Gasteiger partial charge on any atom is 0.137 e. The van der Waals surface area contributed by atoms with Crippen LogP contribution in [0.25, 0.3) is 0 Å². The molecule has 0 aliphatic carbocycles. The zero-order valence-electron chi connectivity index (χ0n) is 12.8. The van der Waals surface area contributed by atoms with Crippen LogP contribution in [0.1, 0.15) is 22.7 Å². The molecule has 0 radical (unpaired) electrons. The van der Waals surface area contributed by atoms with Gasteiger partial charge in [0.1, 0.15) is 5.75 Å². The molecular formula is C18H19BrClNO. The molecule has 0 amide bonds. The van der Waals surface area contributed by atoms with Gasteiger partial charge in [-0.3, -0.25) is 4.90 Å². The van der Waals surface area contributed by atoms with E-state index in [0.717, 1.165) is 29.6 Å². The van der Waals surface area contributed by atoms with E-state index in [1.165, 1.54) is 16.7 Å². The van der Waals surface area contributed by atoms with Gasteiger partial charge in [0, 0.05) is 17.1 Å². The zero-order valence-corrected chi connectivity index (χ0v) is 15.1. The molecule has 2 nitrogen and oxygen atoms in total. The largest absolute Gasteiger partial charge is 0.495 e. The zero-order chi connectivity index (χ0) is 15.7. The van der Waals surface area contributed by atoms with Crippen molar-refractivity contribution >= 4 is 27.5 Å². The molecule has 4 heteroatoms. The number of hydrogen-bond donors (Lipinski definition) is 0. The van der Waals surface area contributed by atoms with Gasteiger partial charge < -0.3 is 4.74 Å². The molecule has 0 fully saturated rings. The van der Waals surface area contributed by atoms with Crippen LogP contribution >= 0.6 is 27.5 Å². The molecule has 2 aromatic rings. The van der Waals surface area contributed by atoms with Crippen LogP contribution in [-0.4, -0.2) is 25.6 Å². The molecule has 0 N–H and O–H groups in total. The topological polar surface area (TPSA) is 12.5 Å². The van der Waals surface area contributed by atoms with Crippen molar-refractivity contribution in [2.75, 3.05) is 20.7 Å². The molecule has 1 aliphatic rings. The van der Waals surface area contributed by atoms with Gasteiger partial charge >= 0.3 is 0 Å². The predicted octanol–water partition coefficient (Wildman–Crippen LogP) is 4.88. The normalized spacial score (nSPS) is 18.1. The van der Waals surface area contributed by atoms with Crippen LogP contribution in [0, 0.1) is 0 Å². The number of nitrogens with zero attached hydrogens (tertiary/aromatic N) is 1. The first-order valence-electron chi connectivity index (χ1n) is 7.40. The van der Waals surface area contributed by atoms with E-state index in [0.29, 0.717) is 11.1 Å². The average Bonchev–Trinajstić information content (AvgIpc) is 2.51. The summed E-state index contributed by atoms with van der Waals surface area (Å²) in [5.74, 6) is 0.757. The third-order valence-corrected chi connectivity index (χ3v) is 5.48. The Morgan fingerprint density at radius 1 is 1.32 bits per heavy atom. The van der Waals surface area contributed by atoms with Crippen LogP contribution in [0.15, 0.2) is 40.9 Å². The fraction of sp³-hybridized carbons (Fsp3) is 0.333. The highest BCUT2D eigenvalue weighted by Gasteiger charge is 2.26. The van der Waals surface area contributed by atoms with Gasteiger partial charge in [-0.2, -0.15) is 0 Å². The lowest BCUT2D eigenvalue weighted by Crippen LogP contribution is -2.33. The van der Waals surface area contributed by atoms with E-state index in [1.54, 1.807) is 7.11 Å². The predicted molar refractivity (Wildman–Crippen MR) is 94.9 cm³/mol. The van der Waals surface area contributed by atoms with Crippen molar-refractivity contribution in [3.05, 3.63) is 62.6 Å². The maximum atomic E-state index is 6.28. The maximum absolute atomic E-state index is 6.28. The Labute approximate surface area is 145 Å². The minimum atomic E-state index is 0.341. The van der Waals surface area contributed by atoms with E-state index in [9.17, 15) is 0 Å². The first kappa shape index (κ1) is 15.9. The van der Waals surface area contributed by atoms with Crippen LogP contribution in [0.3, 0.4) is 0 Å². The van der Waals surface area contributed by atoms with E-state index < -0.39 is 0 Å². The standard InChI is InChI=1S/C18H19BrClNO/c1-21-8-7-12-9-16(20)18(22-2)11-14(12)17(21)10-13-5-3-4-6-15(13)19/h3-6,9,11,17H,7-8,10H2,1-2H3. The molecule has 0 bridgehead atoms. The molecule has 2 aromatic carbocycles. The molecule has 0 saturated carbocycles. The number of hydrogen-bond acceptors (Lipinski definition) is 2. The Morgan fingerprint density at radius 2 is 2.09 bits per heavy atom. The highest BCUT2D eigenvalue weighted by Crippen LogP contribution is 2.38. The van der Waals surface area contributed by atoms with Crippen molar-refractivity contribution in [3.63, 3.8) is 0 Å². The fourth-order valence-corrected chi connectivity index (χ4v) is 3.83. The average molecular weight is 381 g/mol. The summed E-state index contributed by atoms with van der Waals surface area (Å²) < 4.78 is 6.57. The molecule has 3 rings (SSSR count). The number of ether oxygens (including phenoxy) is 1. The number of benzene rings is 2. The quantitative estimate of drug-likeness (QED) is 0.752. The molecule has 1 atom stereocenters. The minimum Gasteiger partial charge on any atom is -0.495 e. The summed E-state index contributed by atoms with van der Waals surface area (Å²) in [6, 6.07) is 12.9. The summed E-state index contributed by atoms with van der Waals surface area (Å²) in [5.41, 5.74) is 3.98. The number of rotatable bonds is 3. The van der Waals surface area contributed by atoms with Crippen molar-refractivity contribution in [2.24, 2.45) is 0 Å². The Morgan fingerprint density at radius 3 is 2.82 bits per heavy atom. The molecular weight excluding hydrogens is 362 g/mol. The summed E-state index contributed by atoms with van der Waals surface area (Å²) in [4.78, 5) is 2.41. The molecule has 0 aromatic heterocycles. The molecule has 22 heavy (non-hydrogen) atoms. The van der Waals surface area contributed by atoms with E-state index in [-0.39, 0.29) is 0 Å². The second-order valence-electron chi connectivity index (χ2n) is 5.73. The van der Waals surface area contributed by atoms with E-state index in [4.69, 9.17) is 16.3 Å². The Kier molecular flexibility index (Phi) is 4.76. The van der Waals surface area contributed by atoms with Crippen molar-refractivity contribution in [1.82, 2.24) is 4.90 Å². The summed E-state index contributed by atoms with van der Waals surface area (Å²) in [6.07, 6.45) is 2.00. The van der Waals surface area contributed by atoms with Gasteiger partial charge in [-0.25, -0.2) is 0 Å². The van der Waals surface area contributed by atoms with Crippen molar-refractivity contribution in [1.29, 1.82) is 0 Å². The van der Waals surface area contributed by atoms with Gasteiger partial charge in [0.05, 0.1) is 12.1 Å². The van der Waals surface area contributed by atoms with Gasteiger partial charge in [-0.05, 0) is 54.8 Å². The molecule has 1 heterocycles. The monoisotopic (exact) mass is 379 g/mol. The van der Waals surface area contributed by atoms with E-state index in [1.807, 2.05) is 0 Å². The van der Waals surface area contributed by atoms with Gasteiger partial charge in [0.25, 0.3) is 0 Å². The highest BCUT2D eigenvalue weighted by molar-refractivity contribution is 9.10. The number of likely N-dealkylation sites (N-methyl/N-ethyl adjacent to an activating group) is 1. The molecule has 0 spiro atoms. The smallest absolute Gasteiger partial charge is 0.137 e. The number of halogens is 2. The van der Waals surface area contributed by atoms with E-state index in [2.05, 4.69) is 64.3 Å². The van der Waals surface area contributed by atoms with Crippen LogP contribution < -0.4 is 4.74 Å². The van der Waals surface area contributed by atoms with Crippen molar-refractivity contribution in [2.45, 2.75) is 18.9 Å². The lowest BCUT2D eigenvalue weighted by atomic mass is 9.89. The lowest BCUT2D eigenvalue weighted by Gasteiger charge is -2.35. The number of fused-ring (bicyclic) bond motifs is 1. The van der Waals surface area contributed by atoms with Gasteiger partial charge in [0.15, 0.2) is 0 Å². The molecule has 116 valence electrons. The summed E-state index contributed by atoms with van der Waals surface area (Å²) in [6.45, 7) is 1.05. The third-order valence-electron chi connectivity index (χ3n) is 4.41. The number of methoxy groups -OCH3 is 1. The van der Waals surface area contributed by atoms with Crippen LogP contribution in [0.5, 0.6) is 5.75 Å². The lowest BCUT2D eigenvalue weighted by molar-refractivity contribution is 0.228. The Balaban J connectivity index is 2.00. The fourth-order valence-electron chi connectivity index (χ4n) is 3.12. The summed E-state index contributed by atoms with van der Waals surface area (Å²) in [7, 11) is 3.86. The summed E-state index contributed by atoms with van der Waals surface area (Å²) >= 11 is 9.94. The van der Waals surface area contributed by atoms with Crippen molar-refractivity contribution < 1.29 is 4.74 Å². The molecule has 1 unspecified atom stereocenters. The Bertz CT molecular complexity index is 689. The van der Waals surface area contributed by atoms with Crippen LogP contribution in [0.4, 0.5) is 0 Å². The van der Waals surface area contributed by atoms with E-state index >= 15 is 0 Å². The second-order valence-corrected chi connectivity index (χ2v) is 6.99. The highest BCUT2D eigenvalue weighted by atomic mass is 79.9. The molecule has 1 aliphatic heterocycles. The van der Waals surface area contributed by atoms with Gasteiger partial charge in [0.2, 0.25) is 0 Å². The van der Waals surface area contributed by atoms with Gasteiger partial charge in [-0.15, -0.1) is 0 Å². The second kappa shape index (κ2) is 6.61. The minimum absolute atomic E-state index is 0.341. The first-order valence-corrected chi connectivity index (χ1v) is 8.57. The SMILES string of the molecule is COc1cc2c(cc1Cl)CCN(C)C2Cc1ccccc1Br. The first-order chi connectivity index (χ1) is 10.6.